The van der Waals surface area contributed by atoms with Crippen molar-refractivity contribution in [1.29, 1.82) is 0 Å². The van der Waals surface area contributed by atoms with Gasteiger partial charge in [0.25, 0.3) is 5.92 Å². The van der Waals surface area contributed by atoms with Gasteiger partial charge in [-0.25, -0.2) is 18.7 Å². The molecule has 22 heavy (non-hydrogen) atoms. The highest BCUT2D eigenvalue weighted by Crippen LogP contribution is 2.30. The van der Waals surface area contributed by atoms with E-state index in [4.69, 9.17) is 4.74 Å². The number of piperidine rings is 1. The Balaban J connectivity index is 1.51. The summed E-state index contributed by atoms with van der Waals surface area (Å²) in [6, 6.07) is 0. The molecule has 1 aromatic rings. The molecule has 0 N–H and O–H groups in total. The Bertz CT molecular complexity index is 536. The topological polar surface area (TPSA) is 58.6 Å². The lowest BCUT2D eigenvalue weighted by Crippen LogP contribution is -2.56. The van der Waals surface area contributed by atoms with Crippen molar-refractivity contribution in [3.05, 3.63) is 12.4 Å². The van der Waals surface area contributed by atoms with Crippen LogP contribution in [-0.2, 0) is 4.79 Å². The standard InChI is InChI=1S/C14H18F2N4O2/c1-22-11-6-17-13(18-7-11)20-8-10(9-20)12(21)19-4-2-14(15,16)3-5-19/h6-7,10H,2-5,8-9H2,1H3. The first-order chi connectivity index (χ1) is 10.5. The van der Waals surface area contributed by atoms with Crippen LogP contribution in [0.25, 0.3) is 0 Å². The number of anilines is 1. The van der Waals surface area contributed by atoms with Gasteiger partial charge in [0.2, 0.25) is 11.9 Å². The van der Waals surface area contributed by atoms with Crippen LogP contribution in [0.1, 0.15) is 12.8 Å². The van der Waals surface area contributed by atoms with E-state index >= 15 is 0 Å². The summed E-state index contributed by atoms with van der Waals surface area (Å²) in [5.41, 5.74) is 0. The van der Waals surface area contributed by atoms with E-state index in [1.807, 2.05) is 4.90 Å². The lowest BCUT2D eigenvalue weighted by molar-refractivity contribution is -0.142. The molecule has 0 bridgehead atoms. The van der Waals surface area contributed by atoms with Crippen molar-refractivity contribution in [2.24, 2.45) is 5.92 Å². The van der Waals surface area contributed by atoms with Gasteiger partial charge >= 0.3 is 0 Å². The van der Waals surface area contributed by atoms with E-state index in [1.54, 1.807) is 24.4 Å². The van der Waals surface area contributed by atoms with Gasteiger partial charge in [0.05, 0.1) is 25.4 Å². The van der Waals surface area contributed by atoms with E-state index in [-0.39, 0.29) is 37.8 Å². The number of halogens is 2. The molecule has 0 atom stereocenters. The molecule has 0 aliphatic carbocycles. The number of alkyl halides is 2. The maximum atomic E-state index is 13.1. The third-order valence-corrected chi connectivity index (χ3v) is 4.17. The number of rotatable bonds is 3. The normalized spacial score (nSPS) is 21.4. The molecule has 1 aromatic heterocycles. The minimum absolute atomic E-state index is 0.0414. The fourth-order valence-corrected chi connectivity index (χ4v) is 2.69. The van der Waals surface area contributed by atoms with E-state index in [2.05, 4.69) is 9.97 Å². The van der Waals surface area contributed by atoms with Gasteiger partial charge in [-0.3, -0.25) is 4.79 Å². The number of aromatic nitrogens is 2. The second-order valence-electron chi connectivity index (χ2n) is 5.71. The maximum Gasteiger partial charge on any atom is 0.251 e. The van der Waals surface area contributed by atoms with E-state index in [0.717, 1.165) is 0 Å². The fraction of sp³-hybridized carbons (Fsp3) is 0.643. The van der Waals surface area contributed by atoms with Gasteiger partial charge in [-0.15, -0.1) is 0 Å². The highest BCUT2D eigenvalue weighted by atomic mass is 19.3. The van der Waals surface area contributed by atoms with E-state index in [9.17, 15) is 13.6 Å². The van der Waals surface area contributed by atoms with Gasteiger partial charge in [0.1, 0.15) is 0 Å². The van der Waals surface area contributed by atoms with E-state index < -0.39 is 5.92 Å². The smallest absolute Gasteiger partial charge is 0.251 e. The van der Waals surface area contributed by atoms with Crippen molar-refractivity contribution in [3.63, 3.8) is 0 Å². The minimum Gasteiger partial charge on any atom is -0.494 e. The number of carbonyl (C=O) groups is 1. The van der Waals surface area contributed by atoms with E-state index in [0.29, 0.717) is 24.8 Å². The molecule has 0 saturated carbocycles. The second kappa shape index (κ2) is 5.66. The quantitative estimate of drug-likeness (QED) is 0.839. The van der Waals surface area contributed by atoms with Crippen LogP contribution in [0, 0.1) is 5.92 Å². The van der Waals surface area contributed by atoms with Gasteiger partial charge in [0, 0.05) is 39.0 Å². The highest BCUT2D eigenvalue weighted by molar-refractivity contribution is 5.81. The van der Waals surface area contributed by atoms with Crippen LogP contribution in [0.4, 0.5) is 14.7 Å². The number of carbonyl (C=O) groups excluding carboxylic acids is 1. The number of hydrogen-bond acceptors (Lipinski definition) is 5. The van der Waals surface area contributed by atoms with Crippen LogP contribution < -0.4 is 9.64 Å². The third kappa shape index (κ3) is 2.95. The first-order valence-electron chi connectivity index (χ1n) is 7.26. The van der Waals surface area contributed by atoms with Gasteiger partial charge in [-0.2, -0.15) is 0 Å². The molecular weight excluding hydrogens is 294 g/mol. The number of nitrogens with zero attached hydrogens (tertiary/aromatic N) is 4. The zero-order valence-electron chi connectivity index (χ0n) is 12.3. The van der Waals surface area contributed by atoms with Crippen molar-refractivity contribution in [1.82, 2.24) is 14.9 Å². The van der Waals surface area contributed by atoms with Crippen molar-refractivity contribution in [2.45, 2.75) is 18.8 Å². The molecule has 2 fully saturated rings. The molecule has 6 nitrogen and oxygen atoms in total. The third-order valence-electron chi connectivity index (χ3n) is 4.17. The molecule has 2 aliphatic heterocycles. The Morgan fingerprint density at radius 1 is 1.27 bits per heavy atom. The Kier molecular flexibility index (Phi) is 3.84. The minimum atomic E-state index is -2.63. The Morgan fingerprint density at radius 2 is 1.86 bits per heavy atom. The molecular formula is C14H18F2N4O2. The van der Waals surface area contributed by atoms with Crippen molar-refractivity contribution in [2.75, 3.05) is 38.2 Å². The van der Waals surface area contributed by atoms with Crippen molar-refractivity contribution in [3.8, 4) is 5.75 Å². The van der Waals surface area contributed by atoms with Crippen molar-refractivity contribution < 1.29 is 18.3 Å². The second-order valence-corrected chi connectivity index (χ2v) is 5.71. The lowest BCUT2D eigenvalue weighted by atomic mass is 9.97. The zero-order valence-corrected chi connectivity index (χ0v) is 12.3. The van der Waals surface area contributed by atoms with Gasteiger partial charge in [-0.1, -0.05) is 0 Å². The monoisotopic (exact) mass is 312 g/mol. The van der Waals surface area contributed by atoms with Crippen LogP contribution in [0.3, 0.4) is 0 Å². The summed E-state index contributed by atoms with van der Waals surface area (Å²) in [5, 5.41) is 0. The molecule has 2 saturated heterocycles. The molecule has 0 aromatic carbocycles. The zero-order chi connectivity index (χ0) is 15.7. The molecule has 0 radical (unpaired) electrons. The Labute approximate surface area is 127 Å². The summed E-state index contributed by atoms with van der Waals surface area (Å²) < 4.78 is 31.2. The van der Waals surface area contributed by atoms with Gasteiger partial charge in [0.15, 0.2) is 5.75 Å². The van der Waals surface area contributed by atoms with Crippen molar-refractivity contribution >= 4 is 11.9 Å². The van der Waals surface area contributed by atoms with Crippen LogP contribution in [0.5, 0.6) is 5.75 Å². The average molecular weight is 312 g/mol. The molecule has 1 amide bonds. The summed E-state index contributed by atoms with van der Waals surface area (Å²) in [6.45, 7) is 1.33. The number of amides is 1. The first-order valence-corrected chi connectivity index (χ1v) is 7.26. The molecule has 120 valence electrons. The number of methoxy groups -OCH3 is 1. The maximum absolute atomic E-state index is 13.1. The molecule has 3 rings (SSSR count). The molecule has 0 spiro atoms. The largest absolute Gasteiger partial charge is 0.494 e. The first kappa shape index (κ1) is 14.9. The van der Waals surface area contributed by atoms with Crippen LogP contribution in [0.15, 0.2) is 12.4 Å². The predicted molar refractivity (Wildman–Crippen MR) is 75.0 cm³/mol. The summed E-state index contributed by atoms with van der Waals surface area (Å²) in [6.07, 6.45) is 2.67. The van der Waals surface area contributed by atoms with Crippen LogP contribution in [-0.4, -0.2) is 60.0 Å². The Hall–Kier alpha value is -1.99. The molecule has 0 unspecified atom stereocenters. The number of likely N-dealkylation sites (tertiary alicyclic amines) is 1. The van der Waals surface area contributed by atoms with Crippen LogP contribution >= 0.6 is 0 Å². The molecule has 2 aliphatic rings. The SMILES string of the molecule is COc1cnc(N2CC(C(=O)N3CCC(F)(F)CC3)C2)nc1. The van der Waals surface area contributed by atoms with Gasteiger partial charge < -0.3 is 14.5 Å². The van der Waals surface area contributed by atoms with Gasteiger partial charge in [-0.05, 0) is 0 Å². The van der Waals surface area contributed by atoms with E-state index in [1.165, 1.54) is 0 Å². The Morgan fingerprint density at radius 3 is 2.41 bits per heavy atom. The summed E-state index contributed by atoms with van der Waals surface area (Å²) in [4.78, 5) is 24.0. The molecule has 8 heteroatoms. The number of ether oxygens (including phenoxy) is 1. The summed E-state index contributed by atoms with van der Waals surface area (Å²) in [5.74, 6) is -1.70. The summed E-state index contributed by atoms with van der Waals surface area (Å²) >= 11 is 0. The highest BCUT2D eigenvalue weighted by Gasteiger charge is 2.41. The molecule has 3 heterocycles. The fourth-order valence-electron chi connectivity index (χ4n) is 2.69. The summed E-state index contributed by atoms with van der Waals surface area (Å²) in [7, 11) is 1.54. The average Bonchev–Trinajstić information content (AvgIpc) is 2.46. The van der Waals surface area contributed by atoms with Crippen LogP contribution in [0.2, 0.25) is 0 Å². The number of hydrogen-bond donors (Lipinski definition) is 0. The lowest BCUT2D eigenvalue weighted by Gasteiger charge is -2.42. The predicted octanol–water partition coefficient (Wildman–Crippen LogP) is 1.18.